The molecule has 2 aromatic carbocycles. The number of esters is 1. The summed E-state index contributed by atoms with van der Waals surface area (Å²) in [7, 11) is 2.89. The fourth-order valence-corrected chi connectivity index (χ4v) is 4.07. The predicted molar refractivity (Wildman–Crippen MR) is 114 cm³/mol. The number of benzene rings is 2. The number of aromatic nitrogens is 1. The Labute approximate surface area is 176 Å². The fourth-order valence-electron chi connectivity index (χ4n) is 2.79. The molecule has 0 unspecified atom stereocenters. The van der Waals surface area contributed by atoms with Gasteiger partial charge in [-0.05, 0) is 36.5 Å². The number of methoxy groups -OCH3 is 2. The average molecular weight is 430 g/mol. The molecule has 1 aromatic heterocycles. The first-order valence-electron chi connectivity index (χ1n) is 8.56. The smallest absolute Gasteiger partial charge is 0.337 e. The third-order valence-electron chi connectivity index (χ3n) is 4.21. The number of hydrogen-bond donors (Lipinski definition) is 2. The van der Waals surface area contributed by atoms with Gasteiger partial charge in [-0.15, -0.1) is 0 Å². The first-order valence-corrected chi connectivity index (χ1v) is 9.79. The zero-order valence-corrected chi connectivity index (χ0v) is 17.4. The van der Waals surface area contributed by atoms with Gasteiger partial charge in [0.1, 0.15) is 16.4 Å². The summed E-state index contributed by atoms with van der Waals surface area (Å²) in [5, 5.41) is 2.84. The molecule has 7 nitrogen and oxygen atoms in total. The number of rotatable bonds is 6. The van der Waals surface area contributed by atoms with Crippen molar-refractivity contribution in [3.05, 3.63) is 68.5 Å². The van der Waals surface area contributed by atoms with Crippen molar-refractivity contribution in [2.75, 3.05) is 20.0 Å². The summed E-state index contributed by atoms with van der Waals surface area (Å²) >= 11 is 6.50. The molecule has 0 saturated carbocycles. The quantitative estimate of drug-likeness (QED) is 0.459. The molecule has 29 heavy (non-hydrogen) atoms. The van der Waals surface area contributed by atoms with Gasteiger partial charge in [0, 0.05) is 12.1 Å². The van der Waals surface area contributed by atoms with Gasteiger partial charge in [-0.2, -0.15) is 0 Å². The van der Waals surface area contributed by atoms with Gasteiger partial charge in [-0.25, -0.2) is 4.79 Å². The Morgan fingerprint density at radius 2 is 1.93 bits per heavy atom. The Balaban J connectivity index is 1.87. The van der Waals surface area contributed by atoms with Crippen LogP contribution >= 0.6 is 23.6 Å². The van der Waals surface area contributed by atoms with Gasteiger partial charge >= 0.3 is 5.97 Å². The van der Waals surface area contributed by atoms with Crippen molar-refractivity contribution < 1.29 is 19.1 Å². The third kappa shape index (κ3) is 4.30. The molecule has 0 radical (unpaired) electrons. The SMILES string of the molecule is COC(=O)c1cccc(-n2c(N)c(C(=O)NCc3ccccc3OC)sc2=S)c1. The lowest BCUT2D eigenvalue weighted by Gasteiger charge is -2.10. The van der Waals surface area contributed by atoms with E-state index in [0.29, 0.717) is 25.8 Å². The van der Waals surface area contributed by atoms with Gasteiger partial charge in [0.05, 0.1) is 25.5 Å². The van der Waals surface area contributed by atoms with Crippen LogP contribution in [0.3, 0.4) is 0 Å². The normalized spacial score (nSPS) is 10.4. The van der Waals surface area contributed by atoms with E-state index in [1.165, 1.54) is 7.11 Å². The number of nitrogen functional groups attached to an aromatic ring is 1. The second-order valence-electron chi connectivity index (χ2n) is 5.95. The summed E-state index contributed by atoms with van der Waals surface area (Å²) in [5.41, 5.74) is 8.01. The van der Waals surface area contributed by atoms with E-state index < -0.39 is 5.97 Å². The molecule has 1 heterocycles. The summed E-state index contributed by atoms with van der Waals surface area (Å²) in [6, 6.07) is 14.1. The molecule has 0 spiro atoms. The molecule has 0 aliphatic carbocycles. The number of amides is 1. The van der Waals surface area contributed by atoms with Gasteiger partial charge in [0.15, 0.2) is 3.95 Å². The largest absolute Gasteiger partial charge is 0.496 e. The van der Waals surface area contributed by atoms with Crippen LogP contribution in [0, 0.1) is 3.95 Å². The van der Waals surface area contributed by atoms with Crippen LogP contribution in [0.15, 0.2) is 48.5 Å². The van der Waals surface area contributed by atoms with Gasteiger partial charge < -0.3 is 20.5 Å². The molecule has 0 fully saturated rings. The van der Waals surface area contributed by atoms with Crippen molar-refractivity contribution in [1.82, 2.24) is 9.88 Å². The second-order valence-corrected chi connectivity index (χ2v) is 7.60. The molecular weight excluding hydrogens is 410 g/mol. The van der Waals surface area contributed by atoms with Crippen LogP contribution in [0.2, 0.25) is 0 Å². The molecule has 3 rings (SSSR count). The lowest BCUT2D eigenvalue weighted by Crippen LogP contribution is -2.23. The van der Waals surface area contributed by atoms with E-state index in [-0.39, 0.29) is 18.3 Å². The number of hydrogen-bond acceptors (Lipinski definition) is 7. The molecule has 0 bridgehead atoms. The molecule has 3 aromatic rings. The Morgan fingerprint density at radius 3 is 2.66 bits per heavy atom. The maximum atomic E-state index is 12.7. The summed E-state index contributed by atoms with van der Waals surface area (Å²) in [4.78, 5) is 24.8. The molecule has 0 aliphatic rings. The first kappa shape index (κ1) is 20.6. The Morgan fingerprint density at radius 1 is 1.17 bits per heavy atom. The number of thiazole rings is 1. The average Bonchev–Trinajstić information content (AvgIpc) is 3.05. The van der Waals surface area contributed by atoms with Gasteiger partial charge in [0.2, 0.25) is 0 Å². The lowest BCUT2D eigenvalue weighted by molar-refractivity contribution is 0.0600. The van der Waals surface area contributed by atoms with Crippen molar-refractivity contribution in [3.8, 4) is 11.4 Å². The lowest BCUT2D eigenvalue weighted by atomic mass is 10.2. The van der Waals surface area contributed by atoms with Crippen molar-refractivity contribution >= 4 is 41.2 Å². The topological polar surface area (TPSA) is 95.6 Å². The van der Waals surface area contributed by atoms with E-state index in [0.717, 1.165) is 16.9 Å². The Hall–Kier alpha value is -3.17. The monoisotopic (exact) mass is 429 g/mol. The highest BCUT2D eigenvalue weighted by atomic mass is 32.1. The molecule has 0 atom stereocenters. The highest BCUT2D eigenvalue weighted by molar-refractivity contribution is 7.73. The third-order valence-corrected chi connectivity index (χ3v) is 5.60. The standard InChI is InChI=1S/C20H19N3O4S2/c1-26-15-9-4-3-6-13(15)11-22-18(24)16-17(21)23(20(28)29-16)14-8-5-7-12(10-14)19(25)27-2/h3-10H,11,21H2,1-2H3,(H,22,24). The second kappa shape index (κ2) is 8.89. The van der Waals surface area contributed by atoms with E-state index in [4.69, 9.17) is 27.4 Å². The van der Waals surface area contributed by atoms with Crippen molar-refractivity contribution in [1.29, 1.82) is 0 Å². The van der Waals surface area contributed by atoms with Gasteiger partial charge in [-0.3, -0.25) is 9.36 Å². The molecule has 9 heteroatoms. The molecule has 0 aliphatic heterocycles. The van der Waals surface area contributed by atoms with E-state index in [2.05, 4.69) is 5.32 Å². The maximum absolute atomic E-state index is 12.7. The van der Waals surface area contributed by atoms with E-state index in [1.54, 1.807) is 35.9 Å². The van der Waals surface area contributed by atoms with Gasteiger partial charge in [0.25, 0.3) is 5.91 Å². The number of anilines is 1. The van der Waals surface area contributed by atoms with Crippen LogP contribution in [0.1, 0.15) is 25.6 Å². The minimum atomic E-state index is -0.470. The zero-order chi connectivity index (χ0) is 21.0. The van der Waals surface area contributed by atoms with Crippen molar-refractivity contribution in [3.63, 3.8) is 0 Å². The van der Waals surface area contributed by atoms with Crippen molar-refractivity contribution in [2.45, 2.75) is 6.54 Å². The van der Waals surface area contributed by atoms with Crippen LogP contribution in [-0.4, -0.2) is 30.7 Å². The highest BCUT2D eigenvalue weighted by Crippen LogP contribution is 2.27. The van der Waals surface area contributed by atoms with E-state index in [9.17, 15) is 9.59 Å². The van der Waals surface area contributed by atoms with Crippen LogP contribution < -0.4 is 15.8 Å². The van der Waals surface area contributed by atoms with Crippen LogP contribution in [-0.2, 0) is 11.3 Å². The minimum absolute atomic E-state index is 0.208. The summed E-state index contributed by atoms with van der Waals surface area (Å²) in [6.07, 6.45) is 0. The number of carbonyl (C=O) groups excluding carboxylic acids is 2. The van der Waals surface area contributed by atoms with Crippen LogP contribution in [0.4, 0.5) is 5.82 Å². The van der Waals surface area contributed by atoms with E-state index >= 15 is 0 Å². The molecule has 1 amide bonds. The Kier molecular flexibility index (Phi) is 6.30. The van der Waals surface area contributed by atoms with Crippen LogP contribution in [0.5, 0.6) is 5.75 Å². The Bertz CT molecular complexity index is 1120. The van der Waals surface area contributed by atoms with E-state index in [1.807, 2.05) is 24.3 Å². The molecule has 150 valence electrons. The number of carbonyl (C=O) groups is 2. The molecular formula is C20H19N3O4S2. The number of ether oxygens (including phenoxy) is 2. The summed E-state index contributed by atoms with van der Waals surface area (Å²) < 4.78 is 12.0. The number of nitrogens with zero attached hydrogens (tertiary/aromatic N) is 1. The number of nitrogens with two attached hydrogens (primary N) is 1. The van der Waals surface area contributed by atoms with Gasteiger partial charge in [-0.1, -0.05) is 35.6 Å². The van der Waals surface area contributed by atoms with Crippen LogP contribution in [0.25, 0.3) is 5.69 Å². The summed E-state index contributed by atoms with van der Waals surface area (Å²) in [5.74, 6) is 0.0828. The predicted octanol–water partition coefficient (Wildman–Crippen LogP) is 3.58. The zero-order valence-electron chi connectivity index (χ0n) is 15.8. The fraction of sp³-hybridized carbons (Fsp3) is 0.150. The first-order chi connectivity index (χ1) is 14.0. The minimum Gasteiger partial charge on any atom is -0.496 e. The number of para-hydroxylation sites is 1. The summed E-state index contributed by atoms with van der Waals surface area (Å²) in [6.45, 7) is 0.283. The highest BCUT2D eigenvalue weighted by Gasteiger charge is 2.19. The molecule has 0 saturated heterocycles. The van der Waals surface area contributed by atoms with Crippen molar-refractivity contribution in [2.24, 2.45) is 0 Å². The maximum Gasteiger partial charge on any atom is 0.337 e. The molecule has 3 N–H and O–H groups in total. The number of nitrogens with one attached hydrogen (secondary N) is 1.